The number of nitrogens with two attached hydrogens (primary N) is 1. The number of hydrogen-bond donors (Lipinski definition) is 1. The molecule has 2 aliphatic rings. The average molecular weight is 463 g/mol. The van der Waals surface area contributed by atoms with Gasteiger partial charge in [-0.15, -0.1) is 0 Å². The first-order valence-corrected chi connectivity index (χ1v) is 12.5. The number of furan rings is 1. The summed E-state index contributed by atoms with van der Waals surface area (Å²) in [6.45, 7) is 6.64. The normalized spacial score (nSPS) is 16.6. The maximum absolute atomic E-state index is 12.1. The van der Waals surface area contributed by atoms with E-state index in [0.29, 0.717) is 6.54 Å². The van der Waals surface area contributed by atoms with E-state index in [2.05, 4.69) is 28.0 Å². The summed E-state index contributed by atoms with van der Waals surface area (Å²) >= 11 is 0. The molecule has 0 radical (unpaired) electrons. The molecule has 0 bridgehead atoms. The van der Waals surface area contributed by atoms with Crippen LogP contribution in [0.1, 0.15) is 31.2 Å². The number of fused-ring (bicyclic) bond motifs is 2. The highest BCUT2D eigenvalue weighted by molar-refractivity contribution is 6.01. The third kappa shape index (κ3) is 4.99. The molecule has 1 fully saturated rings. The van der Waals surface area contributed by atoms with Crippen LogP contribution in [0.3, 0.4) is 0 Å². The highest BCUT2D eigenvalue weighted by Gasteiger charge is 2.20. The second kappa shape index (κ2) is 10.4. The number of carbonyl (C=O) groups is 1. The third-order valence-electron chi connectivity index (χ3n) is 7.00. The fourth-order valence-electron chi connectivity index (χ4n) is 5.06. The number of carbonyl (C=O) groups excluding carboxylic acids is 1. The molecule has 34 heavy (non-hydrogen) atoms. The van der Waals surface area contributed by atoms with Crippen LogP contribution in [-0.4, -0.2) is 56.8 Å². The van der Waals surface area contributed by atoms with E-state index in [1.54, 1.807) is 11.2 Å². The van der Waals surface area contributed by atoms with E-state index in [1.807, 2.05) is 24.3 Å². The number of hydrogen-bond acceptors (Lipinski definition) is 5. The molecule has 2 aliphatic heterocycles. The van der Waals surface area contributed by atoms with Crippen LogP contribution < -0.4 is 20.3 Å². The van der Waals surface area contributed by atoms with Gasteiger partial charge in [0.05, 0.1) is 12.3 Å². The van der Waals surface area contributed by atoms with Crippen molar-refractivity contribution in [3.8, 4) is 5.75 Å². The average Bonchev–Trinajstić information content (AvgIpc) is 3.13. The summed E-state index contributed by atoms with van der Waals surface area (Å²) in [6, 6.07) is 14.0. The van der Waals surface area contributed by atoms with Crippen LogP contribution in [0.4, 0.5) is 16.2 Å². The van der Waals surface area contributed by atoms with Gasteiger partial charge in [-0.1, -0.05) is 12.1 Å². The third-order valence-corrected chi connectivity index (χ3v) is 7.00. The van der Waals surface area contributed by atoms with Gasteiger partial charge in [0.25, 0.3) is 0 Å². The predicted octanol–water partition coefficient (Wildman–Crippen LogP) is 4.64. The maximum Gasteiger partial charge on any atom is 0.319 e. The van der Waals surface area contributed by atoms with E-state index in [4.69, 9.17) is 14.9 Å². The second-order valence-corrected chi connectivity index (χ2v) is 9.24. The standard InChI is InChI=1S/C27H34N4O3/c28-27(32)31(24-20-34-26-9-2-1-8-23(24)26)13-5-4-12-29-14-16-30(17-15-29)22-10-11-25-21(19-22)7-3-6-18-33-25/h1-2,8-11,19-20H,3-7,12-18H2,(H2,28,32). The van der Waals surface area contributed by atoms with Gasteiger partial charge in [-0.05, 0) is 74.5 Å². The van der Waals surface area contributed by atoms with Crippen molar-refractivity contribution in [3.05, 3.63) is 54.3 Å². The first kappa shape index (κ1) is 22.6. The van der Waals surface area contributed by atoms with Crippen molar-refractivity contribution in [2.24, 2.45) is 5.73 Å². The molecule has 7 heteroatoms. The quantitative estimate of drug-likeness (QED) is 0.518. The van der Waals surface area contributed by atoms with E-state index < -0.39 is 6.03 Å². The molecule has 0 unspecified atom stereocenters. The number of anilines is 2. The van der Waals surface area contributed by atoms with E-state index in [1.165, 1.54) is 17.7 Å². The first-order valence-electron chi connectivity index (χ1n) is 12.5. The van der Waals surface area contributed by atoms with Gasteiger partial charge in [0, 0.05) is 43.8 Å². The Hall–Kier alpha value is -3.19. The van der Waals surface area contributed by atoms with Crippen LogP contribution in [0.2, 0.25) is 0 Å². The lowest BCUT2D eigenvalue weighted by Gasteiger charge is -2.36. The van der Waals surface area contributed by atoms with Crippen molar-refractivity contribution in [2.75, 3.05) is 55.7 Å². The lowest BCUT2D eigenvalue weighted by atomic mass is 10.1. The molecule has 0 aliphatic carbocycles. The number of piperazine rings is 1. The summed E-state index contributed by atoms with van der Waals surface area (Å²) in [5.41, 5.74) is 9.87. The molecule has 180 valence electrons. The summed E-state index contributed by atoms with van der Waals surface area (Å²) in [5.74, 6) is 1.06. The van der Waals surface area contributed by atoms with Gasteiger partial charge in [-0.2, -0.15) is 0 Å². The Morgan fingerprint density at radius 3 is 2.74 bits per heavy atom. The largest absolute Gasteiger partial charge is 0.493 e. The van der Waals surface area contributed by atoms with Crippen molar-refractivity contribution in [1.82, 2.24) is 4.90 Å². The SMILES string of the molecule is NC(=O)N(CCCCN1CCN(c2ccc3c(c2)CCCCO3)CC1)c1coc2ccccc12. The summed E-state index contributed by atoms with van der Waals surface area (Å²) in [6.07, 6.45) is 7.00. The number of aryl methyl sites for hydroxylation is 1. The van der Waals surface area contributed by atoms with Gasteiger partial charge in [-0.3, -0.25) is 9.80 Å². The highest BCUT2D eigenvalue weighted by Crippen LogP contribution is 2.30. The summed E-state index contributed by atoms with van der Waals surface area (Å²) in [7, 11) is 0. The minimum Gasteiger partial charge on any atom is -0.493 e. The number of rotatable bonds is 7. The Labute approximate surface area is 201 Å². The molecule has 2 N–H and O–H groups in total. The fourth-order valence-corrected chi connectivity index (χ4v) is 5.06. The minimum atomic E-state index is -0.439. The van der Waals surface area contributed by atoms with E-state index in [9.17, 15) is 4.79 Å². The van der Waals surface area contributed by atoms with Gasteiger partial charge >= 0.3 is 6.03 Å². The number of unbranched alkanes of at least 4 members (excludes halogenated alkanes) is 1. The predicted molar refractivity (Wildman–Crippen MR) is 136 cm³/mol. The Bertz CT molecular complexity index is 1120. The van der Waals surface area contributed by atoms with Gasteiger partial charge in [0.2, 0.25) is 0 Å². The van der Waals surface area contributed by atoms with Gasteiger partial charge in [0.1, 0.15) is 17.6 Å². The molecule has 0 atom stereocenters. The molecule has 3 heterocycles. The van der Waals surface area contributed by atoms with Crippen LogP contribution in [-0.2, 0) is 6.42 Å². The van der Waals surface area contributed by atoms with Gasteiger partial charge in [-0.25, -0.2) is 4.79 Å². The first-order chi connectivity index (χ1) is 16.7. The zero-order valence-corrected chi connectivity index (χ0v) is 19.7. The van der Waals surface area contributed by atoms with Crippen molar-refractivity contribution in [3.63, 3.8) is 0 Å². The van der Waals surface area contributed by atoms with Crippen molar-refractivity contribution in [2.45, 2.75) is 32.1 Å². The topological polar surface area (TPSA) is 75.2 Å². The molecule has 0 saturated carbocycles. The van der Waals surface area contributed by atoms with Crippen LogP contribution >= 0.6 is 0 Å². The van der Waals surface area contributed by atoms with Gasteiger partial charge in [0.15, 0.2) is 0 Å². The molecule has 1 aromatic heterocycles. The second-order valence-electron chi connectivity index (χ2n) is 9.24. The highest BCUT2D eigenvalue weighted by atomic mass is 16.5. The number of ether oxygens (including phenoxy) is 1. The Kier molecular flexibility index (Phi) is 6.90. The van der Waals surface area contributed by atoms with Crippen LogP contribution in [0, 0.1) is 0 Å². The molecule has 5 rings (SSSR count). The Morgan fingerprint density at radius 1 is 1.03 bits per heavy atom. The zero-order valence-electron chi connectivity index (χ0n) is 19.7. The van der Waals surface area contributed by atoms with Crippen LogP contribution in [0.15, 0.2) is 53.1 Å². The fraction of sp³-hybridized carbons (Fsp3) is 0.444. The lowest BCUT2D eigenvalue weighted by molar-refractivity contribution is 0.249. The number of para-hydroxylation sites is 1. The van der Waals surface area contributed by atoms with Crippen molar-refractivity contribution < 1.29 is 13.9 Å². The Morgan fingerprint density at radius 2 is 1.88 bits per heavy atom. The summed E-state index contributed by atoms with van der Waals surface area (Å²) in [5, 5.41) is 0.918. The Balaban J connectivity index is 1.09. The molecule has 2 aromatic carbocycles. The number of primary amides is 1. The minimum absolute atomic E-state index is 0.439. The molecule has 3 aromatic rings. The van der Waals surface area contributed by atoms with E-state index in [-0.39, 0.29) is 0 Å². The number of benzene rings is 2. The maximum atomic E-state index is 12.1. The number of amides is 2. The molecule has 0 spiro atoms. The monoisotopic (exact) mass is 462 g/mol. The summed E-state index contributed by atoms with van der Waals surface area (Å²) in [4.78, 5) is 18.7. The summed E-state index contributed by atoms with van der Waals surface area (Å²) < 4.78 is 11.5. The molecule has 1 saturated heterocycles. The van der Waals surface area contributed by atoms with Crippen LogP contribution in [0.5, 0.6) is 5.75 Å². The number of nitrogens with zero attached hydrogens (tertiary/aromatic N) is 3. The van der Waals surface area contributed by atoms with Crippen molar-refractivity contribution >= 4 is 28.4 Å². The van der Waals surface area contributed by atoms with E-state index >= 15 is 0 Å². The van der Waals surface area contributed by atoms with Gasteiger partial charge < -0.3 is 19.8 Å². The molecule has 2 amide bonds. The molecule has 7 nitrogen and oxygen atoms in total. The molecular weight excluding hydrogens is 428 g/mol. The van der Waals surface area contributed by atoms with Crippen molar-refractivity contribution in [1.29, 1.82) is 0 Å². The smallest absolute Gasteiger partial charge is 0.319 e. The van der Waals surface area contributed by atoms with Crippen LogP contribution in [0.25, 0.3) is 11.0 Å². The zero-order chi connectivity index (χ0) is 23.3. The lowest BCUT2D eigenvalue weighted by Crippen LogP contribution is -2.46. The number of urea groups is 1. The molecular formula is C27H34N4O3. The van der Waals surface area contributed by atoms with E-state index in [0.717, 1.165) is 87.4 Å².